The number of nitrogens with zero attached hydrogens (tertiary/aromatic N) is 2. The summed E-state index contributed by atoms with van der Waals surface area (Å²) in [4.78, 5) is 30.4. The van der Waals surface area contributed by atoms with Gasteiger partial charge < -0.3 is 20.4 Å². The Bertz CT molecular complexity index is 1550. The number of nitrogens with one attached hydrogen (secondary N) is 2. The molecule has 0 radical (unpaired) electrons. The third kappa shape index (κ3) is 5.72. The highest BCUT2D eigenvalue weighted by Gasteiger charge is 2.30. The first-order valence-electron chi connectivity index (χ1n) is 12.6. The highest BCUT2D eigenvalue weighted by Crippen LogP contribution is 2.38. The molecule has 0 unspecified atom stereocenters. The number of amides is 2. The Morgan fingerprint density at radius 3 is 2.21 bits per heavy atom. The van der Waals surface area contributed by atoms with Crippen molar-refractivity contribution in [2.45, 2.75) is 6.54 Å². The van der Waals surface area contributed by atoms with Gasteiger partial charge in [0.15, 0.2) is 0 Å². The molecule has 2 N–H and O–H groups in total. The smallest absolute Gasteiger partial charge is 0.258 e. The van der Waals surface area contributed by atoms with Crippen LogP contribution in [0.2, 0.25) is 5.02 Å². The number of hydrogen-bond donors (Lipinski definition) is 2. The van der Waals surface area contributed by atoms with E-state index in [0.717, 1.165) is 23.5 Å². The molecule has 0 bridgehead atoms. The number of rotatable bonds is 7. The van der Waals surface area contributed by atoms with Crippen LogP contribution in [-0.2, 0) is 11.3 Å². The van der Waals surface area contributed by atoms with Crippen LogP contribution >= 0.6 is 11.6 Å². The van der Waals surface area contributed by atoms with Crippen LogP contribution in [0.3, 0.4) is 0 Å². The Kier molecular flexibility index (Phi) is 7.50. The Labute approximate surface area is 233 Å². The highest BCUT2D eigenvalue weighted by molar-refractivity contribution is 6.37. The van der Waals surface area contributed by atoms with Gasteiger partial charge in [-0.3, -0.25) is 9.59 Å². The topological polar surface area (TPSA) is 64.7 Å². The van der Waals surface area contributed by atoms with Crippen molar-refractivity contribution in [1.82, 2.24) is 4.90 Å². The average Bonchev–Trinajstić information content (AvgIpc) is 3.27. The highest BCUT2D eigenvalue weighted by atomic mass is 35.5. The predicted octanol–water partition coefficient (Wildman–Crippen LogP) is 6.61. The molecule has 0 atom stereocenters. The summed E-state index contributed by atoms with van der Waals surface area (Å²) in [5, 5.41) is 7.06. The molecule has 0 fully saturated rings. The third-order valence-electron chi connectivity index (χ3n) is 6.56. The van der Waals surface area contributed by atoms with Gasteiger partial charge in [-0.25, -0.2) is 0 Å². The predicted molar refractivity (Wildman–Crippen MR) is 160 cm³/mol. The molecular formula is C32H29ClN4O2. The largest absolute Gasteiger partial charge is 0.354 e. The van der Waals surface area contributed by atoms with Crippen LogP contribution < -0.4 is 15.5 Å². The van der Waals surface area contributed by atoms with E-state index in [1.165, 1.54) is 5.56 Å². The molecule has 0 saturated carbocycles. The van der Waals surface area contributed by atoms with Gasteiger partial charge in [-0.2, -0.15) is 0 Å². The number of carbonyl (C=O) groups is 2. The lowest BCUT2D eigenvalue weighted by Gasteiger charge is -2.18. The van der Waals surface area contributed by atoms with Crippen molar-refractivity contribution < 1.29 is 9.59 Å². The minimum atomic E-state index is -0.226. The van der Waals surface area contributed by atoms with Gasteiger partial charge >= 0.3 is 0 Å². The van der Waals surface area contributed by atoms with Crippen molar-refractivity contribution in [3.8, 4) is 0 Å². The Hall–Kier alpha value is -4.39. The summed E-state index contributed by atoms with van der Waals surface area (Å²) < 4.78 is 0. The molecule has 1 aliphatic heterocycles. The number of benzene rings is 4. The van der Waals surface area contributed by atoms with E-state index < -0.39 is 0 Å². The SMILES string of the molecule is CN(C)Cc1ccc(N/C(=C2\C(=O)Nc3ccc(C(=O)N(C)c4ccc(Cl)cc4)cc32)c2ccccc2)cc1. The standard InChI is InChI=1S/C32H29ClN4O2/c1-36(2)20-21-9-14-25(15-10-21)34-30(22-7-5-4-6-8-22)29-27-19-23(11-18-28(27)35-31(29)38)32(39)37(3)26-16-12-24(33)13-17-26/h4-19,34H,20H2,1-3H3,(H,35,38)/b30-29-. The molecule has 6 nitrogen and oxygen atoms in total. The summed E-state index contributed by atoms with van der Waals surface area (Å²) in [5.41, 5.74) is 6.60. The van der Waals surface area contributed by atoms with E-state index in [0.29, 0.717) is 33.1 Å². The quantitative estimate of drug-likeness (QED) is 0.261. The van der Waals surface area contributed by atoms with Crippen molar-refractivity contribution >= 4 is 51.7 Å². The minimum Gasteiger partial charge on any atom is -0.354 e. The minimum absolute atomic E-state index is 0.190. The van der Waals surface area contributed by atoms with Gasteiger partial charge in [-0.15, -0.1) is 0 Å². The van der Waals surface area contributed by atoms with Crippen LogP contribution in [0, 0.1) is 0 Å². The maximum atomic E-state index is 13.4. The molecule has 39 heavy (non-hydrogen) atoms. The van der Waals surface area contributed by atoms with Gasteiger partial charge in [0.25, 0.3) is 11.8 Å². The molecule has 4 aromatic carbocycles. The zero-order valence-electron chi connectivity index (χ0n) is 22.0. The molecular weight excluding hydrogens is 508 g/mol. The molecule has 0 spiro atoms. The second-order valence-corrected chi connectivity index (χ2v) is 10.2. The number of carbonyl (C=O) groups excluding carboxylic acids is 2. The lowest BCUT2D eigenvalue weighted by Crippen LogP contribution is -2.26. The fourth-order valence-corrected chi connectivity index (χ4v) is 4.74. The molecule has 7 heteroatoms. The van der Waals surface area contributed by atoms with Crippen LogP contribution in [-0.4, -0.2) is 37.9 Å². The summed E-state index contributed by atoms with van der Waals surface area (Å²) in [7, 11) is 5.79. The average molecular weight is 537 g/mol. The van der Waals surface area contributed by atoms with E-state index in [1.54, 1.807) is 54.4 Å². The number of anilines is 3. The first-order valence-corrected chi connectivity index (χ1v) is 13.0. The third-order valence-corrected chi connectivity index (χ3v) is 6.82. The van der Waals surface area contributed by atoms with Crippen LogP contribution in [0.1, 0.15) is 27.0 Å². The first kappa shape index (κ1) is 26.2. The van der Waals surface area contributed by atoms with E-state index in [9.17, 15) is 9.59 Å². The molecule has 1 heterocycles. The van der Waals surface area contributed by atoms with Gasteiger partial charge in [0.05, 0.1) is 11.3 Å². The van der Waals surface area contributed by atoms with Crippen LogP contribution in [0.15, 0.2) is 97.1 Å². The summed E-state index contributed by atoms with van der Waals surface area (Å²) in [5.74, 6) is -0.416. The Morgan fingerprint density at radius 1 is 0.846 bits per heavy atom. The molecule has 1 aliphatic rings. The van der Waals surface area contributed by atoms with Crippen molar-refractivity contribution in [2.24, 2.45) is 0 Å². The molecule has 0 aromatic heterocycles. The monoisotopic (exact) mass is 536 g/mol. The van der Waals surface area contributed by atoms with Gasteiger partial charge in [0.2, 0.25) is 0 Å². The Morgan fingerprint density at radius 2 is 1.54 bits per heavy atom. The Balaban J connectivity index is 1.55. The van der Waals surface area contributed by atoms with E-state index >= 15 is 0 Å². The van der Waals surface area contributed by atoms with Crippen LogP contribution in [0.5, 0.6) is 0 Å². The summed E-state index contributed by atoms with van der Waals surface area (Å²) in [6.07, 6.45) is 0. The first-order chi connectivity index (χ1) is 18.8. The molecule has 2 amide bonds. The normalized spacial score (nSPS) is 13.6. The number of hydrogen-bond acceptors (Lipinski definition) is 4. The van der Waals surface area contributed by atoms with Crippen molar-refractivity contribution in [3.63, 3.8) is 0 Å². The lowest BCUT2D eigenvalue weighted by molar-refractivity contribution is -0.110. The number of fused-ring (bicyclic) bond motifs is 1. The molecule has 4 aromatic rings. The van der Waals surface area contributed by atoms with Crippen molar-refractivity contribution in [1.29, 1.82) is 0 Å². The lowest BCUT2D eigenvalue weighted by atomic mass is 9.98. The van der Waals surface area contributed by atoms with E-state index in [2.05, 4.69) is 27.7 Å². The summed E-state index contributed by atoms with van der Waals surface area (Å²) in [6, 6.07) is 30.3. The molecule has 0 aliphatic carbocycles. The second-order valence-electron chi connectivity index (χ2n) is 9.73. The van der Waals surface area contributed by atoms with E-state index in [-0.39, 0.29) is 11.8 Å². The second kappa shape index (κ2) is 11.2. The van der Waals surface area contributed by atoms with Gasteiger partial charge in [-0.05, 0) is 79.8 Å². The van der Waals surface area contributed by atoms with Crippen molar-refractivity contribution in [3.05, 3.63) is 124 Å². The fraction of sp³-hybridized carbons (Fsp3) is 0.125. The fourth-order valence-electron chi connectivity index (χ4n) is 4.61. The van der Waals surface area contributed by atoms with E-state index in [4.69, 9.17) is 11.6 Å². The zero-order valence-corrected chi connectivity index (χ0v) is 22.8. The molecule has 196 valence electrons. The molecule has 5 rings (SSSR count). The van der Waals surface area contributed by atoms with Gasteiger partial charge in [-0.1, -0.05) is 54.1 Å². The van der Waals surface area contributed by atoms with Crippen molar-refractivity contribution in [2.75, 3.05) is 36.7 Å². The van der Waals surface area contributed by atoms with E-state index in [1.807, 2.05) is 56.6 Å². The maximum absolute atomic E-state index is 13.4. The summed E-state index contributed by atoms with van der Waals surface area (Å²) in [6.45, 7) is 0.837. The van der Waals surface area contributed by atoms with Crippen LogP contribution in [0.4, 0.5) is 17.1 Å². The molecule has 0 saturated heterocycles. The van der Waals surface area contributed by atoms with Crippen LogP contribution in [0.25, 0.3) is 11.3 Å². The maximum Gasteiger partial charge on any atom is 0.258 e. The van der Waals surface area contributed by atoms with Gasteiger partial charge in [0.1, 0.15) is 0 Å². The van der Waals surface area contributed by atoms with Gasteiger partial charge in [0, 0.05) is 46.8 Å². The zero-order chi connectivity index (χ0) is 27.5. The summed E-state index contributed by atoms with van der Waals surface area (Å²) >= 11 is 6.02. The number of halogens is 1.